The maximum atomic E-state index is 14.0. The van der Waals surface area contributed by atoms with Crippen LogP contribution in [0.3, 0.4) is 0 Å². The molecule has 0 aliphatic heterocycles. The third-order valence-corrected chi connectivity index (χ3v) is 4.36. The van der Waals surface area contributed by atoms with Gasteiger partial charge in [-0.3, -0.25) is 9.36 Å². The van der Waals surface area contributed by atoms with E-state index in [1.165, 1.54) is 12.1 Å². The first kappa shape index (κ1) is 19.8. The minimum Gasteiger partial charge on any atom is -1.00 e. The van der Waals surface area contributed by atoms with E-state index in [0.29, 0.717) is 22.2 Å². The van der Waals surface area contributed by atoms with Crippen LogP contribution < -0.4 is 18.9 Å². The van der Waals surface area contributed by atoms with Gasteiger partial charge in [0.15, 0.2) is 0 Å². The summed E-state index contributed by atoms with van der Waals surface area (Å²) in [5, 5.41) is 8.85. The number of benzene rings is 3. The fourth-order valence-corrected chi connectivity index (χ4v) is 3.06. The van der Waals surface area contributed by atoms with Crippen LogP contribution in [0.1, 0.15) is 6.99 Å². The molecule has 28 heavy (non-hydrogen) atoms. The second kappa shape index (κ2) is 7.97. The molecule has 0 unspecified atom stereocenters. The third kappa shape index (κ3) is 3.84. The molecule has 7 heteroatoms. The smallest absolute Gasteiger partial charge is 1.00 e. The molecule has 0 spiro atoms. The van der Waals surface area contributed by atoms with E-state index in [1.807, 2.05) is 22.8 Å². The van der Waals surface area contributed by atoms with Gasteiger partial charge in [-0.15, -0.1) is 0 Å². The number of aliphatic carboxylic acids is 1. The van der Waals surface area contributed by atoms with Crippen molar-refractivity contribution in [3.63, 3.8) is 0 Å². The fraction of sp³-hybridized carbons (Fsp3) is 0.0476. The number of rotatable bonds is 4. The Morgan fingerprint density at radius 2 is 1.79 bits per heavy atom. The molecule has 0 atom stereocenters. The predicted octanol–water partition coefficient (Wildman–Crippen LogP) is 1.71. The van der Waals surface area contributed by atoms with E-state index in [-0.39, 0.29) is 26.7 Å². The van der Waals surface area contributed by atoms with Crippen LogP contribution in [0.4, 0.5) is 8.78 Å². The molecule has 0 saturated carbocycles. The van der Waals surface area contributed by atoms with Crippen molar-refractivity contribution in [2.45, 2.75) is 6.42 Å². The second-order valence-corrected chi connectivity index (χ2v) is 6.18. The minimum atomic E-state index is -0.878. The van der Waals surface area contributed by atoms with Gasteiger partial charge in [0.05, 0.1) is 17.5 Å². The monoisotopic (exact) mass is 372 g/mol. The predicted molar refractivity (Wildman–Crippen MR) is 98.9 cm³/mol. The number of halogens is 2. The molecule has 4 aromatic rings. The molecule has 0 fully saturated rings. The van der Waals surface area contributed by atoms with Crippen LogP contribution in [0.15, 0.2) is 67.0 Å². The number of fused-ring (bicyclic) bond motifs is 1. The molecule has 0 aliphatic rings. The number of hydrogen-bond donors (Lipinski definition) is 1. The Morgan fingerprint density at radius 1 is 1.04 bits per heavy atom. The van der Waals surface area contributed by atoms with E-state index in [0.717, 1.165) is 17.3 Å². The Kier molecular flexibility index (Phi) is 5.64. The summed E-state index contributed by atoms with van der Waals surface area (Å²) in [7, 11) is 0. The second-order valence-electron chi connectivity index (χ2n) is 6.18. The van der Waals surface area contributed by atoms with Crippen molar-refractivity contribution in [2.24, 2.45) is 0 Å². The molecular formula is C21H15F2LiN2O2. The quantitative estimate of drug-likeness (QED) is 0.555. The van der Waals surface area contributed by atoms with Crippen molar-refractivity contribution >= 4 is 17.0 Å². The summed E-state index contributed by atoms with van der Waals surface area (Å²) in [6, 6.07) is 16.0. The standard InChI is InChI=1S/C21H14F2N2O2.Li.H/c22-15-4-7-17(18(23)11-15)14-3-8-20-19(10-14)24-12-25(20)16-5-1-13(2-6-16)9-21(26)27;;/h1-8,10-12H,9H2,(H,26,27);;/q;+1;-1. The summed E-state index contributed by atoms with van der Waals surface area (Å²) in [4.78, 5) is 15.2. The molecule has 4 nitrogen and oxygen atoms in total. The van der Waals surface area contributed by atoms with E-state index in [1.54, 1.807) is 30.6 Å². The van der Waals surface area contributed by atoms with Gasteiger partial charge in [0.2, 0.25) is 0 Å². The van der Waals surface area contributed by atoms with Gasteiger partial charge < -0.3 is 6.53 Å². The van der Waals surface area contributed by atoms with Crippen LogP contribution in [0.25, 0.3) is 27.8 Å². The summed E-state index contributed by atoms with van der Waals surface area (Å²) >= 11 is 0. The zero-order valence-electron chi connectivity index (χ0n) is 16.1. The molecule has 0 saturated heterocycles. The number of aromatic nitrogens is 2. The number of carboxylic acids is 1. The number of carbonyl (C=O) groups is 1. The van der Waals surface area contributed by atoms with Gasteiger partial charge in [-0.2, -0.15) is 0 Å². The topological polar surface area (TPSA) is 55.1 Å². The van der Waals surface area contributed by atoms with Crippen molar-refractivity contribution in [3.05, 3.63) is 84.2 Å². The first-order valence-corrected chi connectivity index (χ1v) is 8.25. The summed E-state index contributed by atoms with van der Waals surface area (Å²) < 4.78 is 29.0. The van der Waals surface area contributed by atoms with Crippen LogP contribution >= 0.6 is 0 Å². The third-order valence-electron chi connectivity index (χ3n) is 4.36. The van der Waals surface area contributed by atoms with Crippen molar-refractivity contribution in [1.82, 2.24) is 9.55 Å². The van der Waals surface area contributed by atoms with Crippen LogP contribution in [-0.4, -0.2) is 20.6 Å². The molecule has 136 valence electrons. The zero-order valence-corrected chi connectivity index (χ0v) is 15.1. The molecule has 0 bridgehead atoms. The van der Waals surface area contributed by atoms with E-state index < -0.39 is 17.6 Å². The Hall–Kier alpha value is -2.94. The molecular weight excluding hydrogens is 357 g/mol. The Balaban J connectivity index is 0.00000150. The molecule has 0 amide bonds. The first-order valence-electron chi connectivity index (χ1n) is 8.25. The maximum Gasteiger partial charge on any atom is 1.00 e. The van der Waals surface area contributed by atoms with Gasteiger partial charge in [0.25, 0.3) is 0 Å². The van der Waals surface area contributed by atoms with Crippen LogP contribution in [0.5, 0.6) is 0 Å². The maximum absolute atomic E-state index is 14.0. The number of carboxylic acid groups (broad SMARTS) is 1. The molecule has 1 aromatic heterocycles. The molecule has 1 N–H and O–H groups in total. The average molecular weight is 372 g/mol. The summed E-state index contributed by atoms with van der Waals surface area (Å²) in [5.41, 5.74) is 3.98. The Morgan fingerprint density at radius 3 is 2.46 bits per heavy atom. The SMILES string of the molecule is O=C(O)Cc1ccc(-n2cnc3cc(-c4ccc(F)cc4F)ccc32)cc1.[H-].[Li+]. The van der Waals surface area contributed by atoms with Crippen molar-refractivity contribution in [2.75, 3.05) is 0 Å². The Labute approximate surface area is 173 Å². The normalized spacial score (nSPS) is 10.6. The molecule has 3 aromatic carbocycles. The molecule has 0 aliphatic carbocycles. The van der Waals surface area contributed by atoms with E-state index in [4.69, 9.17) is 5.11 Å². The van der Waals surface area contributed by atoms with Crippen LogP contribution in [0.2, 0.25) is 0 Å². The molecule has 0 radical (unpaired) electrons. The van der Waals surface area contributed by atoms with Crippen LogP contribution in [-0.2, 0) is 11.2 Å². The van der Waals surface area contributed by atoms with Gasteiger partial charge in [0, 0.05) is 17.3 Å². The summed E-state index contributed by atoms with van der Waals surface area (Å²) in [6.07, 6.45) is 1.62. The minimum absolute atomic E-state index is 0. The van der Waals surface area contributed by atoms with Crippen molar-refractivity contribution < 1.29 is 39.0 Å². The van der Waals surface area contributed by atoms with E-state index in [2.05, 4.69) is 4.98 Å². The first-order chi connectivity index (χ1) is 13.0. The number of imidazole rings is 1. The fourth-order valence-electron chi connectivity index (χ4n) is 3.06. The zero-order chi connectivity index (χ0) is 19.0. The van der Waals surface area contributed by atoms with Gasteiger partial charge >= 0.3 is 24.8 Å². The van der Waals surface area contributed by atoms with Crippen molar-refractivity contribution in [3.8, 4) is 16.8 Å². The van der Waals surface area contributed by atoms with Crippen LogP contribution in [0, 0.1) is 11.6 Å². The van der Waals surface area contributed by atoms with E-state index in [9.17, 15) is 13.6 Å². The summed E-state index contributed by atoms with van der Waals surface area (Å²) in [5.74, 6) is -2.12. The van der Waals surface area contributed by atoms with Gasteiger partial charge in [-0.25, -0.2) is 13.8 Å². The molecule has 4 rings (SSSR count). The Bertz CT molecular complexity index is 1160. The summed E-state index contributed by atoms with van der Waals surface area (Å²) in [6.45, 7) is 0. The van der Waals surface area contributed by atoms with Crippen molar-refractivity contribution in [1.29, 1.82) is 0 Å². The van der Waals surface area contributed by atoms with E-state index >= 15 is 0 Å². The van der Waals surface area contributed by atoms with Gasteiger partial charge in [0.1, 0.15) is 18.0 Å². The number of hydrogen-bond acceptors (Lipinski definition) is 2. The van der Waals surface area contributed by atoms with Gasteiger partial charge in [-0.05, 0) is 47.5 Å². The largest absolute Gasteiger partial charge is 1.00 e. The average Bonchev–Trinajstić information content (AvgIpc) is 3.05. The number of nitrogens with zero attached hydrogens (tertiary/aromatic N) is 2. The van der Waals surface area contributed by atoms with Gasteiger partial charge in [-0.1, -0.05) is 18.2 Å². The molecule has 1 heterocycles.